The molecular formula is C8H6ClF2NO3. The molecule has 82 valence electrons. The molecule has 0 atom stereocenters. The normalized spacial score (nSPS) is 10.5. The van der Waals surface area contributed by atoms with Gasteiger partial charge in [-0.05, 0) is 0 Å². The predicted octanol–water partition coefficient (Wildman–Crippen LogP) is 2.38. The number of rotatable bonds is 3. The Labute approximate surface area is 88.4 Å². The maximum atomic E-state index is 12.5. The van der Waals surface area contributed by atoms with Crippen LogP contribution in [-0.2, 0) is 0 Å². The molecule has 1 aromatic heterocycles. The molecule has 0 aliphatic heterocycles. The Morgan fingerprint density at radius 3 is 2.67 bits per heavy atom. The SMILES string of the molecule is COc1cc(Cl)c(C(F)F)c(C(=O)O)n1. The fraction of sp³-hybridized carbons (Fsp3) is 0.250. The molecule has 0 aliphatic carbocycles. The van der Waals surface area contributed by atoms with Crippen LogP contribution in [0.15, 0.2) is 6.07 Å². The highest BCUT2D eigenvalue weighted by Crippen LogP contribution is 2.31. The van der Waals surface area contributed by atoms with Crippen LogP contribution in [0.1, 0.15) is 22.5 Å². The molecule has 0 aliphatic rings. The molecule has 1 aromatic rings. The van der Waals surface area contributed by atoms with Gasteiger partial charge >= 0.3 is 5.97 Å². The van der Waals surface area contributed by atoms with Crippen molar-refractivity contribution in [3.05, 3.63) is 22.3 Å². The van der Waals surface area contributed by atoms with Gasteiger partial charge < -0.3 is 9.84 Å². The average molecular weight is 238 g/mol. The summed E-state index contributed by atoms with van der Waals surface area (Å²) in [7, 11) is 1.23. The van der Waals surface area contributed by atoms with E-state index in [1.54, 1.807) is 0 Å². The zero-order chi connectivity index (χ0) is 11.6. The van der Waals surface area contributed by atoms with Gasteiger partial charge in [-0.25, -0.2) is 18.6 Å². The van der Waals surface area contributed by atoms with Crippen molar-refractivity contribution in [2.45, 2.75) is 6.43 Å². The molecule has 0 saturated carbocycles. The molecule has 0 bridgehead atoms. The summed E-state index contributed by atoms with van der Waals surface area (Å²) in [6.07, 6.45) is -3.00. The third-order valence-electron chi connectivity index (χ3n) is 1.61. The number of carboxylic acid groups (broad SMARTS) is 1. The van der Waals surface area contributed by atoms with Gasteiger partial charge in [0, 0.05) is 6.07 Å². The van der Waals surface area contributed by atoms with Crippen molar-refractivity contribution >= 4 is 17.6 Å². The fourth-order valence-corrected chi connectivity index (χ4v) is 1.24. The summed E-state index contributed by atoms with van der Waals surface area (Å²) >= 11 is 5.49. The van der Waals surface area contributed by atoms with Gasteiger partial charge in [-0.15, -0.1) is 0 Å². The Kier molecular flexibility index (Phi) is 3.41. The number of aromatic carboxylic acids is 1. The monoisotopic (exact) mass is 237 g/mol. The topological polar surface area (TPSA) is 59.4 Å². The average Bonchev–Trinajstić information content (AvgIpc) is 2.15. The van der Waals surface area contributed by atoms with Gasteiger partial charge in [-0.1, -0.05) is 11.6 Å². The van der Waals surface area contributed by atoms with Crippen LogP contribution >= 0.6 is 11.6 Å². The van der Waals surface area contributed by atoms with E-state index in [4.69, 9.17) is 16.7 Å². The number of pyridine rings is 1. The van der Waals surface area contributed by atoms with Crippen molar-refractivity contribution in [3.8, 4) is 5.88 Å². The molecule has 7 heteroatoms. The minimum atomic E-state index is -3.00. The molecule has 1 rings (SSSR count). The highest BCUT2D eigenvalue weighted by Gasteiger charge is 2.24. The molecule has 0 unspecified atom stereocenters. The highest BCUT2D eigenvalue weighted by molar-refractivity contribution is 6.31. The molecule has 0 fully saturated rings. The van der Waals surface area contributed by atoms with Crippen LogP contribution in [0, 0.1) is 0 Å². The number of methoxy groups -OCH3 is 1. The van der Waals surface area contributed by atoms with Crippen LogP contribution in [0.25, 0.3) is 0 Å². The van der Waals surface area contributed by atoms with Gasteiger partial charge in [-0.3, -0.25) is 0 Å². The predicted molar refractivity (Wildman–Crippen MR) is 47.7 cm³/mol. The zero-order valence-corrected chi connectivity index (χ0v) is 8.26. The molecule has 4 nitrogen and oxygen atoms in total. The Hall–Kier alpha value is -1.43. The molecule has 1 N–H and O–H groups in total. The van der Waals surface area contributed by atoms with E-state index in [9.17, 15) is 13.6 Å². The first kappa shape index (κ1) is 11.6. The molecular weight excluding hydrogens is 232 g/mol. The number of carbonyl (C=O) groups is 1. The van der Waals surface area contributed by atoms with Crippen molar-refractivity contribution < 1.29 is 23.4 Å². The summed E-state index contributed by atoms with van der Waals surface area (Å²) < 4.78 is 29.5. The number of hydrogen-bond donors (Lipinski definition) is 1. The Balaban J connectivity index is 3.42. The second-order valence-electron chi connectivity index (χ2n) is 2.51. The summed E-state index contributed by atoms with van der Waals surface area (Å²) in [5, 5.41) is 8.27. The van der Waals surface area contributed by atoms with Gasteiger partial charge in [0.2, 0.25) is 5.88 Å². The van der Waals surface area contributed by atoms with Crippen LogP contribution < -0.4 is 4.74 Å². The summed E-state index contributed by atoms with van der Waals surface area (Å²) in [5.41, 5.74) is -1.60. The fourth-order valence-electron chi connectivity index (χ4n) is 0.977. The van der Waals surface area contributed by atoms with Crippen molar-refractivity contribution in [1.29, 1.82) is 0 Å². The quantitative estimate of drug-likeness (QED) is 0.877. The van der Waals surface area contributed by atoms with Gasteiger partial charge in [0.05, 0.1) is 17.7 Å². The standard InChI is InChI=1S/C8H6ClF2NO3/c1-15-4-2-3(9)5(7(10)11)6(12-4)8(13)14/h2,7H,1H3,(H,13,14). The molecule has 0 aromatic carbocycles. The molecule has 1 heterocycles. The lowest BCUT2D eigenvalue weighted by Crippen LogP contribution is -2.08. The van der Waals surface area contributed by atoms with E-state index in [1.807, 2.05) is 0 Å². The van der Waals surface area contributed by atoms with E-state index >= 15 is 0 Å². The summed E-state index contributed by atoms with van der Waals surface area (Å²) in [6, 6.07) is 1.04. The number of nitrogens with zero attached hydrogens (tertiary/aromatic N) is 1. The minimum Gasteiger partial charge on any atom is -0.481 e. The first-order valence-electron chi connectivity index (χ1n) is 3.73. The molecule has 0 radical (unpaired) electrons. The van der Waals surface area contributed by atoms with Crippen LogP contribution in [0.5, 0.6) is 5.88 Å². The van der Waals surface area contributed by atoms with Crippen molar-refractivity contribution in [2.75, 3.05) is 7.11 Å². The lowest BCUT2D eigenvalue weighted by molar-refractivity contribution is 0.0676. The van der Waals surface area contributed by atoms with Gasteiger partial charge in [-0.2, -0.15) is 0 Å². The molecule has 0 amide bonds. The third-order valence-corrected chi connectivity index (χ3v) is 1.93. The van der Waals surface area contributed by atoms with Gasteiger partial charge in [0.25, 0.3) is 6.43 Å². The maximum Gasteiger partial charge on any atom is 0.355 e. The Bertz CT molecular complexity index is 398. The smallest absolute Gasteiger partial charge is 0.355 e. The molecule has 0 saturated heterocycles. The van der Waals surface area contributed by atoms with Crippen LogP contribution in [0.2, 0.25) is 5.02 Å². The summed E-state index contributed by atoms with van der Waals surface area (Å²) in [6.45, 7) is 0. The van der Waals surface area contributed by atoms with Crippen molar-refractivity contribution in [1.82, 2.24) is 4.98 Å². The number of alkyl halides is 2. The number of hydrogen-bond acceptors (Lipinski definition) is 3. The highest BCUT2D eigenvalue weighted by atomic mass is 35.5. The molecule has 0 spiro atoms. The number of ether oxygens (including phenoxy) is 1. The van der Waals surface area contributed by atoms with E-state index < -0.39 is 23.7 Å². The van der Waals surface area contributed by atoms with E-state index in [1.165, 1.54) is 7.11 Å². The lowest BCUT2D eigenvalue weighted by atomic mass is 10.2. The molecule has 15 heavy (non-hydrogen) atoms. The van der Waals surface area contributed by atoms with E-state index in [0.717, 1.165) is 6.07 Å². The van der Waals surface area contributed by atoms with E-state index in [-0.39, 0.29) is 10.9 Å². The Morgan fingerprint density at radius 2 is 2.27 bits per heavy atom. The number of halogens is 3. The van der Waals surface area contributed by atoms with Crippen LogP contribution in [-0.4, -0.2) is 23.2 Å². The van der Waals surface area contributed by atoms with Crippen LogP contribution in [0.3, 0.4) is 0 Å². The number of carboxylic acids is 1. The maximum absolute atomic E-state index is 12.5. The van der Waals surface area contributed by atoms with Gasteiger partial charge in [0.15, 0.2) is 5.69 Å². The minimum absolute atomic E-state index is 0.123. The third kappa shape index (κ3) is 2.33. The number of aromatic nitrogens is 1. The first-order valence-corrected chi connectivity index (χ1v) is 4.11. The van der Waals surface area contributed by atoms with Crippen molar-refractivity contribution in [3.63, 3.8) is 0 Å². The second kappa shape index (κ2) is 4.39. The van der Waals surface area contributed by atoms with Crippen molar-refractivity contribution in [2.24, 2.45) is 0 Å². The Morgan fingerprint density at radius 1 is 1.67 bits per heavy atom. The van der Waals surface area contributed by atoms with E-state index in [2.05, 4.69) is 9.72 Å². The largest absolute Gasteiger partial charge is 0.481 e. The van der Waals surface area contributed by atoms with Crippen LogP contribution in [0.4, 0.5) is 8.78 Å². The summed E-state index contributed by atoms with van der Waals surface area (Å²) in [4.78, 5) is 14.0. The first-order chi connectivity index (χ1) is 6.97. The van der Waals surface area contributed by atoms with Gasteiger partial charge in [0.1, 0.15) is 0 Å². The lowest BCUT2D eigenvalue weighted by Gasteiger charge is -2.08. The summed E-state index contributed by atoms with van der Waals surface area (Å²) in [5.74, 6) is -1.70. The second-order valence-corrected chi connectivity index (χ2v) is 2.92. The zero-order valence-electron chi connectivity index (χ0n) is 7.50. The van der Waals surface area contributed by atoms with E-state index in [0.29, 0.717) is 0 Å².